The van der Waals surface area contributed by atoms with Gasteiger partial charge in [-0.1, -0.05) is 43.4 Å². The molecule has 0 saturated heterocycles. The highest BCUT2D eigenvalue weighted by atomic mass is 32.2. The zero-order valence-electron chi connectivity index (χ0n) is 16.5. The Morgan fingerprint density at radius 1 is 1.14 bits per heavy atom. The number of carbonyl (C=O) groups excluding carboxylic acids is 1. The van der Waals surface area contributed by atoms with Gasteiger partial charge in [-0.05, 0) is 48.2 Å². The number of fused-ring (bicyclic) bond motifs is 1. The van der Waals surface area contributed by atoms with Gasteiger partial charge in [0.15, 0.2) is 14.6 Å². The molecule has 0 bridgehead atoms. The van der Waals surface area contributed by atoms with Crippen molar-refractivity contribution in [2.75, 3.05) is 6.26 Å². The monoisotopic (exact) mass is 416 g/mol. The standard InChI is InChI=1S/C21H24N2O3S2/c1-5-23-18-11-8-16(14(2)3)13-19(18)27-21(23)22-20(24)12-15-6-9-17(10-7-15)28(4,25)26/h6-11,13-14H,5,12H2,1-4H3. The summed E-state index contributed by atoms with van der Waals surface area (Å²) in [6.45, 7) is 7.09. The van der Waals surface area contributed by atoms with Crippen molar-refractivity contribution in [2.45, 2.75) is 44.6 Å². The molecule has 7 heteroatoms. The lowest BCUT2D eigenvalue weighted by Crippen LogP contribution is -2.16. The molecular weight excluding hydrogens is 392 g/mol. The van der Waals surface area contributed by atoms with Crippen LogP contribution in [0.1, 0.15) is 37.8 Å². The first-order valence-electron chi connectivity index (χ1n) is 9.19. The first kappa shape index (κ1) is 20.5. The minimum atomic E-state index is -3.24. The number of amides is 1. The number of sulfone groups is 1. The van der Waals surface area contributed by atoms with Gasteiger partial charge in [-0.2, -0.15) is 4.99 Å². The number of rotatable bonds is 5. The van der Waals surface area contributed by atoms with E-state index >= 15 is 0 Å². The van der Waals surface area contributed by atoms with Crippen molar-refractivity contribution in [2.24, 2.45) is 4.99 Å². The van der Waals surface area contributed by atoms with Crippen LogP contribution in [0.3, 0.4) is 0 Å². The summed E-state index contributed by atoms with van der Waals surface area (Å²) in [5, 5.41) is 0. The van der Waals surface area contributed by atoms with E-state index in [2.05, 4.69) is 41.6 Å². The number of carbonyl (C=O) groups is 1. The number of hydrogen-bond acceptors (Lipinski definition) is 4. The first-order chi connectivity index (χ1) is 13.2. The minimum absolute atomic E-state index is 0.138. The second-order valence-electron chi connectivity index (χ2n) is 7.11. The Morgan fingerprint density at radius 2 is 1.82 bits per heavy atom. The summed E-state index contributed by atoms with van der Waals surface area (Å²) in [6.07, 6.45) is 1.30. The molecule has 0 aliphatic rings. The summed E-state index contributed by atoms with van der Waals surface area (Å²) >= 11 is 1.52. The number of aromatic nitrogens is 1. The fourth-order valence-corrected chi connectivity index (χ4v) is 4.81. The second-order valence-corrected chi connectivity index (χ2v) is 10.1. The van der Waals surface area contributed by atoms with Gasteiger partial charge in [0, 0.05) is 12.8 Å². The molecule has 0 radical (unpaired) electrons. The van der Waals surface area contributed by atoms with Gasteiger partial charge in [0.25, 0.3) is 5.91 Å². The summed E-state index contributed by atoms with van der Waals surface area (Å²) in [5.74, 6) is 0.198. The van der Waals surface area contributed by atoms with Gasteiger partial charge in [0.2, 0.25) is 0 Å². The van der Waals surface area contributed by atoms with Crippen LogP contribution in [-0.2, 0) is 27.6 Å². The van der Waals surface area contributed by atoms with E-state index in [4.69, 9.17) is 0 Å². The molecular formula is C21H24N2O3S2. The smallest absolute Gasteiger partial charge is 0.252 e. The van der Waals surface area contributed by atoms with Crippen LogP contribution >= 0.6 is 11.3 Å². The molecule has 0 aliphatic heterocycles. The largest absolute Gasteiger partial charge is 0.317 e. The summed E-state index contributed by atoms with van der Waals surface area (Å²) in [6, 6.07) is 12.8. The van der Waals surface area contributed by atoms with Gasteiger partial charge in [-0.25, -0.2) is 8.42 Å². The Hall–Kier alpha value is -2.25. The van der Waals surface area contributed by atoms with E-state index in [-0.39, 0.29) is 17.2 Å². The van der Waals surface area contributed by atoms with E-state index in [1.807, 2.05) is 6.92 Å². The van der Waals surface area contributed by atoms with E-state index < -0.39 is 9.84 Å². The van der Waals surface area contributed by atoms with E-state index in [0.717, 1.165) is 28.6 Å². The fraction of sp³-hybridized carbons (Fsp3) is 0.333. The molecule has 3 rings (SSSR count). The van der Waals surface area contributed by atoms with Crippen LogP contribution in [-0.4, -0.2) is 25.1 Å². The molecule has 1 aromatic heterocycles. The van der Waals surface area contributed by atoms with Gasteiger partial charge in [-0.15, -0.1) is 0 Å². The van der Waals surface area contributed by atoms with Crippen molar-refractivity contribution in [3.8, 4) is 0 Å². The van der Waals surface area contributed by atoms with Crippen LogP contribution < -0.4 is 4.80 Å². The summed E-state index contributed by atoms with van der Waals surface area (Å²) < 4.78 is 26.3. The molecule has 2 aromatic carbocycles. The molecule has 1 amide bonds. The molecule has 0 fully saturated rings. The topological polar surface area (TPSA) is 68.5 Å². The Bertz CT molecular complexity index is 1180. The van der Waals surface area contributed by atoms with Crippen LogP contribution in [0.4, 0.5) is 0 Å². The molecule has 0 saturated carbocycles. The highest BCUT2D eigenvalue weighted by molar-refractivity contribution is 7.90. The Labute approximate surface area is 169 Å². The lowest BCUT2D eigenvalue weighted by molar-refractivity contribution is -0.117. The number of benzene rings is 2. The van der Waals surface area contributed by atoms with Gasteiger partial charge in [0.05, 0.1) is 21.5 Å². The van der Waals surface area contributed by atoms with Crippen LogP contribution in [0.15, 0.2) is 52.4 Å². The third kappa shape index (κ3) is 4.42. The van der Waals surface area contributed by atoms with Gasteiger partial charge >= 0.3 is 0 Å². The Balaban J connectivity index is 1.91. The molecule has 148 valence electrons. The molecule has 28 heavy (non-hydrogen) atoms. The van der Waals surface area contributed by atoms with Crippen LogP contribution in [0.2, 0.25) is 0 Å². The molecule has 5 nitrogen and oxygen atoms in total. The molecule has 0 N–H and O–H groups in total. The maximum absolute atomic E-state index is 12.5. The van der Waals surface area contributed by atoms with Gasteiger partial charge < -0.3 is 4.57 Å². The molecule has 1 heterocycles. The van der Waals surface area contributed by atoms with Crippen LogP contribution in [0.25, 0.3) is 10.2 Å². The number of thiazole rings is 1. The van der Waals surface area contributed by atoms with Crippen molar-refractivity contribution in [1.29, 1.82) is 0 Å². The quantitative estimate of drug-likeness (QED) is 0.633. The van der Waals surface area contributed by atoms with Crippen molar-refractivity contribution in [3.05, 3.63) is 58.4 Å². The molecule has 0 unspecified atom stereocenters. The highest BCUT2D eigenvalue weighted by Crippen LogP contribution is 2.23. The van der Waals surface area contributed by atoms with E-state index in [1.165, 1.54) is 29.0 Å². The van der Waals surface area contributed by atoms with Crippen molar-refractivity contribution in [1.82, 2.24) is 4.57 Å². The average molecular weight is 417 g/mol. The lowest BCUT2D eigenvalue weighted by atomic mass is 10.0. The zero-order valence-corrected chi connectivity index (χ0v) is 18.1. The average Bonchev–Trinajstić information content (AvgIpc) is 2.97. The maximum Gasteiger partial charge on any atom is 0.252 e. The van der Waals surface area contributed by atoms with E-state index in [1.54, 1.807) is 12.1 Å². The lowest BCUT2D eigenvalue weighted by Gasteiger charge is -2.05. The van der Waals surface area contributed by atoms with Crippen molar-refractivity contribution >= 4 is 37.3 Å². The maximum atomic E-state index is 12.5. The first-order valence-corrected chi connectivity index (χ1v) is 11.9. The number of hydrogen-bond donors (Lipinski definition) is 0. The van der Waals surface area contributed by atoms with Crippen molar-refractivity contribution < 1.29 is 13.2 Å². The highest BCUT2D eigenvalue weighted by Gasteiger charge is 2.11. The van der Waals surface area contributed by atoms with Gasteiger partial charge in [-0.3, -0.25) is 4.79 Å². The summed E-state index contributed by atoms with van der Waals surface area (Å²) in [4.78, 5) is 17.8. The van der Waals surface area contributed by atoms with E-state index in [0.29, 0.717) is 10.7 Å². The predicted molar refractivity (Wildman–Crippen MR) is 113 cm³/mol. The SMILES string of the molecule is CCn1c(=NC(=O)Cc2ccc(S(C)(=O)=O)cc2)sc2cc(C(C)C)ccc21. The third-order valence-corrected chi connectivity index (χ3v) is 6.79. The zero-order chi connectivity index (χ0) is 20.5. The Kier molecular flexibility index (Phi) is 5.86. The minimum Gasteiger partial charge on any atom is -0.317 e. The third-order valence-electron chi connectivity index (χ3n) is 4.62. The van der Waals surface area contributed by atoms with Crippen molar-refractivity contribution in [3.63, 3.8) is 0 Å². The predicted octanol–water partition coefficient (Wildman–Crippen LogP) is 3.92. The molecule has 0 aliphatic carbocycles. The molecule has 0 spiro atoms. The normalized spacial score (nSPS) is 12.8. The van der Waals surface area contributed by atoms with Crippen LogP contribution in [0, 0.1) is 0 Å². The van der Waals surface area contributed by atoms with E-state index in [9.17, 15) is 13.2 Å². The van der Waals surface area contributed by atoms with Gasteiger partial charge in [0.1, 0.15) is 0 Å². The second kappa shape index (κ2) is 8.01. The summed E-state index contributed by atoms with van der Waals surface area (Å²) in [5.41, 5.74) is 3.09. The summed E-state index contributed by atoms with van der Waals surface area (Å²) in [7, 11) is -3.24. The molecule has 0 atom stereocenters. The number of aryl methyl sites for hydroxylation is 1. The number of nitrogens with zero attached hydrogens (tertiary/aromatic N) is 2. The molecule has 3 aromatic rings. The fourth-order valence-electron chi connectivity index (χ4n) is 3.02. The Morgan fingerprint density at radius 3 is 2.39 bits per heavy atom. The van der Waals surface area contributed by atoms with Crippen LogP contribution in [0.5, 0.6) is 0 Å².